The summed E-state index contributed by atoms with van der Waals surface area (Å²) in [6.07, 6.45) is 0. The molecule has 0 saturated carbocycles. The topological polar surface area (TPSA) is 54.1 Å². The maximum absolute atomic E-state index is 9.59. The van der Waals surface area contributed by atoms with Gasteiger partial charge in [-0.2, -0.15) is 10.5 Å². The second kappa shape index (κ2) is 18.3. The number of hydrogen-bond donors (Lipinski definition) is 0. The predicted molar refractivity (Wildman–Crippen MR) is 300 cm³/mol. The van der Waals surface area contributed by atoms with E-state index in [0.29, 0.717) is 11.1 Å². The summed E-state index contributed by atoms with van der Waals surface area (Å²) in [6.45, 7) is 4.40. The summed E-state index contributed by atoms with van der Waals surface area (Å²) in [6, 6.07) is 90.7. The Hall–Kier alpha value is -9.74. The van der Waals surface area contributed by atoms with Gasteiger partial charge in [-0.25, -0.2) is 0 Å². The first-order chi connectivity index (χ1) is 35.4. The quantitative estimate of drug-likeness (QED) is 0.128. The highest BCUT2D eigenvalue weighted by Crippen LogP contribution is 2.49. The van der Waals surface area contributed by atoms with Crippen molar-refractivity contribution < 1.29 is 0 Å². The lowest BCUT2D eigenvalue weighted by Crippen LogP contribution is -2.13. The largest absolute Gasteiger partial charge is 0.310 e. The Labute approximate surface area is 420 Å². The summed E-state index contributed by atoms with van der Waals surface area (Å²) in [5.74, 6) is 0. The number of rotatable bonds is 10. The molecule has 0 bridgehead atoms. The molecule has 0 radical (unpaired) electrons. The Bertz CT molecular complexity index is 3800. The average Bonchev–Trinajstić information content (AvgIpc) is 3.45. The van der Waals surface area contributed by atoms with Crippen LogP contribution in [0.3, 0.4) is 0 Å². The van der Waals surface area contributed by atoms with Gasteiger partial charge < -0.3 is 9.80 Å². The Balaban J connectivity index is 1.09. The molecule has 0 aliphatic carbocycles. The highest BCUT2D eigenvalue weighted by atomic mass is 15.2. The first-order valence-electron chi connectivity index (χ1n) is 24.3. The molecule has 338 valence electrons. The van der Waals surface area contributed by atoms with Crippen LogP contribution < -0.4 is 9.80 Å². The van der Waals surface area contributed by atoms with Crippen LogP contribution in [-0.2, 0) is 0 Å². The molecule has 12 rings (SSSR count). The normalized spacial score (nSPS) is 11.2. The van der Waals surface area contributed by atoms with Gasteiger partial charge in [0.25, 0.3) is 0 Å². The molecule has 4 nitrogen and oxygen atoms in total. The van der Waals surface area contributed by atoms with Crippen LogP contribution in [-0.4, -0.2) is 0 Å². The van der Waals surface area contributed by atoms with E-state index in [1.165, 1.54) is 21.5 Å². The van der Waals surface area contributed by atoms with Gasteiger partial charge in [-0.3, -0.25) is 0 Å². The van der Waals surface area contributed by atoms with Crippen molar-refractivity contribution in [3.8, 4) is 56.6 Å². The smallest absolute Gasteiger partial charge is 0.0991 e. The van der Waals surface area contributed by atoms with E-state index in [-0.39, 0.29) is 0 Å². The Morgan fingerprint density at radius 1 is 0.292 bits per heavy atom. The van der Waals surface area contributed by atoms with Crippen molar-refractivity contribution in [3.05, 3.63) is 265 Å². The summed E-state index contributed by atoms with van der Waals surface area (Å²) in [7, 11) is 0. The fraction of sp³-hybridized carbons (Fsp3) is 0.0294. The van der Waals surface area contributed by atoms with Crippen LogP contribution in [0.15, 0.2) is 243 Å². The molecule has 0 spiro atoms. The Kier molecular flexibility index (Phi) is 11.1. The molecule has 72 heavy (non-hydrogen) atoms. The molecule has 0 N–H and O–H groups in total. The lowest BCUT2D eigenvalue weighted by atomic mass is 9.91. The molecule has 0 aliphatic heterocycles. The number of nitriles is 2. The maximum Gasteiger partial charge on any atom is 0.0991 e. The minimum absolute atomic E-state index is 0.636. The molecule has 12 aromatic carbocycles. The van der Waals surface area contributed by atoms with Gasteiger partial charge in [0.2, 0.25) is 0 Å². The van der Waals surface area contributed by atoms with Gasteiger partial charge in [-0.15, -0.1) is 0 Å². The highest BCUT2D eigenvalue weighted by molar-refractivity contribution is 6.28. The van der Waals surface area contributed by atoms with Gasteiger partial charge in [0, 0.05) is 33.5 Å². The Morgan fingerprint density at radius 3 is 1.04 bits per heavy atom. The summed E-state index contributed by atoms with van der Waals surface area (Å²) >= 11 is 0. The molecule has 0 saturated heterocycles. The van der Waals surface area contributed by atoms with Crippen LogP contribution >= 0.6 is 0 Å². The summed E-state index contributed by atoms with van der Waals surface area (Å²) in [4.78, 5) is 4.86. The third kappa shape index (κ3) is 7.84. The van der Waals surface area contributed by atoms with Gasteiger partial charge in [-0.05, 0) is 164 Å². The van der Waals surface area contributed by atoms with E-state index in [4.69, 9.17) is 0 Å². The van der Waals surface area contributed by atoms with Gasteiger partial charge in [0.05, 0.1) is 34.6 Å². The fourth-order valence-electron chi connectivity index (χ4n) is 10.4. The molecular formula is C68H46N4. The zero-order valence-electron chi connectivity index (χ0n) is 39.9. The minimum atomic E-state index is 0.636. The first-order valence-corrected chi connectivity index (χ1v) is 24.3. The predicted octanol–water partition coefficient (Wildman–Crippen LogP) is 18.6. The van der Waals surface area contributed by atoms with Crippen LogP contribution in [0, 0.1) is 36.5 Å². The lowest BCUT2D eigenvalue weighted by Gasteiger charge is -2.31. The van der Waals surface area contributed by atoms with E-state index in [9.17, 15) is 10.5 Å². The SMILES string of the molecule is Cc1ccc(-c2ccccc2)cc1N(c1cccc(-c2ccc(C#N)cc2)c1)c1ccc2ccc3c(N(c4cccc(-c5ccc(C#N)cc5)c4)c4cc(-c5ccccc5)ccc4C)ccc4ccc1c2c43. The van der Waals surface area contributed by atoms with E-state index in [1.54, 1.807) is 0 Å². The molecule has 12 aromatic rings. The third-order valence-electron chi connectivity index (χ3n) is 14.1. The number of anilines is 6. The van der Waals surface area contributed by atoms with Crippen molar-refractivity contribution in [2.24, 2.45) is 0 Å². The zero-order chi connectivity index (χ0) is 48.7. The molecule has 0 aromatic heterocycles. The van der Waals surface area contributed by atoms with Crippen LogP contribution in [0.25, 0.3) is 76.8 Å². The standard InChI is InChI=1S/C68H46N4/c1-45-19-25-57(49-11-5-3-6-12-49)41-65(45)71(59-17-9-15-55(39-59)51-27-21-47(43-69)22-28-51)63-37-33-53-32-36-62-64(38-34-54-31-35-61(63)67(53)68(54)62)72(66-42-58(26-20-46(66)2)50-13-7-4-8-14-50)60-18-10-16-56(40-60)52-29-23-48(44-70)24-30-52/h3-42H,1-2H3. The van der Waals surface area contributed by atoms with E-state index < -0.39 is 0 Å². The molecule has 0 amide bonds. The monoisotopic (exact) mass is 918 g/mol. The van der Waals surface area contributed by atoms with Gasteiger partial charge in [-0.1, -0.05) is 170 Å². The van der Waals surface area contributed by atoms with E-state index >= 15 is 0 Å². The number of aryl methyl sites for hydroxylation is 2. The minimum Gasteiger partial charge on any atom is -0.310 e. The number of nitrogens with zero attached hydrogens (tertiary/aromatic N) is 4. The van der Waals surface area contributed by atoms with E-state index in [1.807, 2.05) is 48.5 Å². The molecule has 0 fully saturated rings. The van der Waals surface area contributed by atoms with Crippen molar-refractivity contribution in [1.29, 1.82) is 10.5 Å². The van der Waals surface area contributed by atoms with Crippen LogP contribution in [0.2, 0.25) is 0 Å². The van der Waals surface area contributed by atoms with E-state index in [0.717, 1.165) is 101 Å². The summed E-state index contributed by atoms with van der Waals surface area (Å²) in [5.41, 5.74) is 18.8. The van der Waals surface area contributed by atoms with Gasteiger partial charge in [0.1, 0.15) is 0 Å². The van der Waals surface area contributed by atoms with Crippen molar-refractivity contribution in [2.75, 3.05) is 9.80 Å². The van der Waals surface area contributed by atoms with Crippen LogP contribution in [0.5, 0.6) is 0 Å². The molecule has 0 atom stereocenters. The van der Waals surface area contributed by atoms with Gasteiger partial charge >= 0.3 is 0 Å². The van der Waals surface area contributed by atoms with Crippen molar-refractivity contribution >= 4 is 66.4 Å². The van der Waals surface area contributed by atoms with E-state index in [2.05, 4.69) is 230 Å². The highest BCUT2D eigenvalue weighted by Gasteiger charge is 2.24. The first kappa shape index (κ1) is 43.5. The molecule has 0 heterocycles. The summed E-state index contributed by atoms with van der Waals surface area (Å²) < 4.78 is 0. The fourth-order valence-corrected chi connectivity index (χ4v) is 10.4. The molecular weight excluding hydrogens is 873 g/mol. The second-order valence-corrected chi connectivity index (χ2v) is 18.5. The van der Waals surface area contributed by atoms with Crippen LogP contribution in [0.1, 0.15) is 22.3 Å². The molecule has 4 heteroatoms. The van der Waals surface area contributed by atoms with Crippen molar-refractivity contribution in [1.82, 2.24) is 0 Å². The molecule has 0 aliphatic rings. The zero-order valence-corrected chi connectivity index (χ0v) is 39.9. The maximum atomic E-state index is 9.59. The van der Waals surface area contributed by atoms with Crippen molar-refractivity contribution in [3.63, 3.8) is 0 Å². The third-order valence-corrected chi connectivity index (χ3v) is 14.1. The molecule has 0 unspecified atom stereocenters. The number of benzene rings is 12. The average molecular weight is 919 g/mol. The summed E-state index contributed by atoms with van der Waals surface area (Å²) in [5, 5.41) is 26.2. The lowest BCUT2D eigenvalue weighted by molar-refractivity contribution is 1.26. The second-order valence-electron chi connectivity index (χ2n) is 18.5. The van der Waals surface area contributed by atoms with Crippen molar-refractivity contribution in [2.45, 2.75) is 13.8 Å². The Morgan fingerprint density at radius 2 is 0.639 bits per heavy atom. The van der Waals surface area contributed by atoms with Gasteiger partial charge in [0.15, 0.2) is 0 Å². The number of hydrogen-bond acceptors (Lipinski definition) is 4. The van der Waals surface area contributed by atoms with Crippen LogP contribution in [0.4, 0.5) is 34.1 Å².